The van der Waals surface area contributed by atoms with Gasteiger partial charge in [0.25, 0.3) is 0 Å². The SMILES string of the molecule is C1=C\CC/C=C\CC/1.C1=C\CC/C=C\CC/1.C[OH2+].C[OH2+].[Ir].[Ir]. The van der Waals surface area contributed by atoms with Gasteiger partial charge in [0, 0.05) is 40.2 Å². The Hall–Kier alpha value is 0.179. The summed E-state index contributed by atoms with van der Waals surface area (Å²) in [6, 6.07) is 0. The van der Waals surface area contributed by atoms with Crippen molar-refractivity contribution < 1.29 is 50.4 Å². The van der Waals surface area contributed by atoms with Crippen LogP contribution in [0.3, 0.4) is 0 Å². The summed E-state index contributed by atoms with van der Waals surface area (Å²) in [5, 5.41) is 11.5. The van der Waals surface area contributed by atoms with Crippen molar-refractivity contribution in [2.75, 3.05) is 14.2 Å². The van der Waals surface area contributed by atoms with E-state index in [-0.39, 0.29) is 40.2 Å². The zero-order chi connectivity index (χ0) is 15.3. The van der Waals surface area contributed by atoms with Crippen LogP contribution < -0.4 is 0 Å². The molecule has 0 saturated heterocycles. The van der Waals surface area contributed by atoms with Crippen molar-refractivity contribution in [2.45, 2.75) is 51.4 Å². The van der Waals surface area contributed by atoms with Crippen LogP contribution in [0.5, 0.6) is 0 Å². The quantitative estimate of drug-likeness (QED) is 0.277. The minimum atomic E-state index is 0. The standard InChI is InChI=1S/2C8H12.2CH4O.2Ir/c2*1-2-4-6-8-7-5-3-1;2*1-2;;/h2*1-2,7-8H,3-6H2;2*2H,1H3;;/p+2/b2*2-1-,8-7-;;;;. The maximum absolute atomic E-state index is 5.75. The molecule has 0 aromatic heterocycles. The Morgan fingerprint density at radius 2 is 0.455 bits per heavy atom. The first-order valence-electron chi connectivity index (χ1n) is 7.60. The molecular weight excluding hydrogens is 633 g/mol. The smallest absolute Gasteiger partial charge is 0.133 e. The van der Waals surface area contributed by atoms with Gasteiger partial charge in [0.05, 0.1) is 0 Å². The van der Waals surface area contributed by atoms with E-state index in [2.05, 4.69) is 48.6 Å². The summed E-state index contributed by atoms with van der Waals surface area (Å²) in [7, 11) is 2.50. The van der Waals surface area contributed by atoms with Gasteiger partial charge >= 0.3 is 0 Å². The molecule has 2 rings (SSSR count). The predicted molar refractivity (Wildman–Crippen MR) is 92.6 cm³/mol. The van der Waals surface area contributed by atoms with E-state index in [1.54, 1.807) is 0 Å². The van der Waals surface area contributed by atoms with Gasteiger partial charge in [0.1, 0.15) is 14.2 Å². The van der Waals surface area contributed by atoms with Crippen LogP contribution in [0.25, 0.3) is 0 Å². The maximum Gasteiger partial charge on any atom is 0.133 e. The first-order chi connectivity index (χ1) is 10.0. The average molecular weight is 667 g/mol. The summed E-state index contributed by atoms with van der Waals surface area (Å²) in [5.74, 6) is 0. The van der Waals surface area contributed by atoms with Crippen molar-refractivity contribution in [3.8, 4) is 0 Å². The third kappa shape index (κ3) is 28.4. The third-order valence-corrected chi connectivity index (χ3v) is 2.67. The van der Waals surface area contributed by atoms with E-state index in [9.17, 15) is 0 Å². The molecule has 0 unspecified atom stereocenters. The van der Waals surface area contributed by atoms with E-state index in [1.807, 2.05) is 0 Å². The molecule has 0 atom stereocenters. The zero-order valence-corrected chi connectivity index (χ0v) is 18.7. The predicted octanol–water partition coefficient (Wildman–Crippen LogP) is 4.02. The summed E-state index contributed by atoms with van der Waals surface area (Å²) in [6.07, 6.45) is 28.0. The van der Waals surface area contributed by atoms with Crippen LogP contribution in [0.4, 0.5) is 0 Å². The second-order valence-electron chi connectivity index (χ2n) is 4.20. The van der Waals surface area contributed by atoms with E-state index in [1.165, 1.54) is 65.6 Å². The second-order valence-corrected chi connectivity index (χ2v) is 4.20. The average Bonchev–Trinajstić information content (AvgIpc) is 2.42. The van der Waals surface area contributed by atoms with Crippen LogP contribution in [0.2, 0.25) is 0 Å². The first-order valence-corrected chi connectivity index (χ1v) is 7.60. The molecule has 0 bridgehead atoms. The van der Waals surface area contributed by atoms with Crippen LogP contribution >= 0.6 is 0 Å². The van der Waals surface area contributed by atoms with Gasteiger partial charge in [-0.05, 0) is 51.4 Å². The first kappa shape index (κ1) is 30.1. The van der Waals surface area contributed by atoms with Crippen molar-refractivity contribution in [3.05, 3.63) is 48.6 Å². The van der Waals surface area contributed by atoms with E-state index < -0.39 is 0 Å². The summed E-state index contributed by atoms with van der Waals surface area (Å²) in [4.78, 5) is 0. The van der Waals surface area contributed by atoms with E-state index >= 15 is 0 Å². The topological polar surface area (TPSA) is 45.8 Å². The molecule has 0 aromatic rings. The Balaban J connectivity index is -0.000000112. The summed E-state index contributed by atoms with van der Waals surface area (Å²) < 4.78 is 0. The molecule has 22 heavy (non-hydrogen) atoms. The molecule has 2 radical (unpaired) electrons. The Bertz CT molecular complexity index is 192. The molecule has 2 aliphatic carbocycles. The van der Waals surface area contributed by atoms with Crippen molar-refractivity contribution in [2.24, 2.45) is 0 Å². The summed E-state index contributed by atoms with van der Waals surface area (Å²) in [6.45, 7) is 0. The van der Waals surface area contributed by atoms with Crippen LogP contribution in [-0.2, 0) is 40.2 Å². The van der Waals surface area contributed by atoms with Gasteiger partial charge in [0.15, 0.2) is 0 Å². The van der Waals surface area contributed by atoms with Crippen LogP contribution in [0, 0.1) is 0 Å². The number of hydrogen-bond acceptors (Lipinski definition) is 0. The van der Waals surface area contributed by atoms with Crippen molar-refractivity contribution in [1.29, 1.82) is 0 Å². The molecule has 4 N–H and O–H groups in total. The zero-order valence-electron chi connectivity index (χ0n) is 13.9. The Morgan fingerprint density at radius 1 is 0.364 bits per heavy atom. The molecule has 0 aliphatic heterocycles. The van der Waals surface area contributed by atoms with Gasteiger partial charge in [-0.25, -0.2) is 0 Å². The normalized spacial score (nSPS) is 20.9. The molecule has 0 saturated carbocycles. The fourth-order valence-electron chi connectivity index (χ4n) is 1.71. The van der Waals surface area contributed by atoms with Gasteiger partial charge in [0.2, 0.25) is 0 Å². The van der Waals surface area contributed by atoms with Crippen molar-refractivity contribution in [1.82, 2.24) is 0 Å². The largest absolute Gasteiger partial charge is 0.448 e. The van der Waals surface area contributed by atoms with Crippen LogP contribution in [0.15, 0.2) is 48.6 Å². The third-order valence-electron chi connectivity index (χ3n) is 2.67. The van der Waals surface area contributed by atoms with Gasteiger partial charge < -0.3 is 10.2 Å². The summed E-state index contributed by atoms with van der Waals surface area (Å²) in [5.41, 5.74) is 0. The molecular formula is C18H34Ir2O2+2. The van der Waals surface area contributed by atoms with Gasteiger partial charge in [-0.15, -0.1) is 0 Å². The molecule has 0 spiro atoms. The molecule has 0 aromatic carbocycles. The van der Waals surface area contributed by atoms with Gasteiger partial charge in [-0.2, -0.15) is 0 Å². The molecule has 0 heterocycles. The molecule has 0 amide bonds. The van der Waals surface area contributed by atoms with Crippen molar-refractivity contribution >= 4 is 0 Å². The Kier molecular flexibility index (Phi) is 45.1. The number of hydrogen-bond donors (Lipinski definition) is 0. The monoisotopic (exact) mass is 668 g/mol. The van der Waals surface area contributed by atoms with E-state index in [4.69, 9.17) is 10.2 Å². The number of rotatable bonds is 0. The summed E-state index contributed by atoms with van der Waals surface area (Å²) >= 11 is 0. The minimum absolute atomic E-state index is 0. The molecule has 4 heteroatoms. The van der Waals surface area contributed by atoms with E-state index in [0.717, 1.165) is 0 Å². The van der Waals surface area contributed by atoms with Crippen LogP contribution in [0.1, 0.15) is 51.4 Å². The van der Waals surface area contributed by atoms with Gasteiger partial charge in [-0.1, -0.05) is 48.6 Å². The molecule has 0 fully saturated rings. The number of allylic oxidation sites excluding steroid dienone is 8. The fourth-order valence-corrected chi connectivity index (χ4v) is 1.71. The fraction of sp³-hybridized carbons (Fsp3) is 0.556. The maximum atomic E-state index is 5.75. The minimum Gasteiger partial charge on any atom is -0.448 e. The van der Waals surface area contributed by atoms with Crippen molar-refractivity contribution in [3.63, 3.8) is 0 Å². The van der Waals surface area contributed by atoms with Gasteiger partial charge in [-0.3, -0.25) is 0 Å². The molecule has 2 nitrogen and oxygen atoms in total. The van der Waals surface area contributed by atoms with Crippen LogP contribution in [-0.4, -0.2) is 24.4 Å². The van der Waals surface area contributed by atoms with E-state index in [0.29, 0.717) is 0 Å². The Labute approximate surface area is 164 Å². The Morgan fingerprint density at radius 3 is 0.545 bits per heavy atom. The molecule has 134 valence electrons. The molecule has 2 aliphatic rings. The second kappa shape index (κ2) is 32.9.